The number of rotatable bonds is 7. The first-order valence-electron chi connectivity index (χ1n) is 8.82. The van der Waals surface area contributed by atoms with E-state index in [-0.39, 0.29) is 17.6 Å². The fraction of sp³-hybridized carbons (Fsp3) is 0.333. The summed E-state index contributed by atoms with van der Waals surface area (Å²) in [5, 5.41) is 2.96. The number of hydrogen-bond acceptors (Lipinski definition) is 4. The second kappa shape index (κ2) is 8.09. The SMILES string of the molecule is C=C(N)C(=O)N[C@H]1CN(Cc2ccc(OCC3=CC=C=C3)cc2)C[C@H]1C. The summed E-state index contributed by atoms with van der Waals surface area (Å²) >= 11 is 0. The normalized spacial score (nSPS) is 21.7. The predicted octanol–water partition coefficient (Wildman–Crippen LogP) is 2.13. The summed E-state index contributed by atoms with van der Waals surface area (Å²) in [6.45, 7) is 8.78. The Kier molecular flexibility index (Phi) is 5.61. The van der Waals surface area contributed by atoms with Crippen LogP contribution in [0.15, 0.2) is 66.1 Å². The van der Waals surface area contributed by atoms with Crippen LogP contribution in [0.4, 0.5) is 0 Å². The second-order valence-electron chi connectivity index (χ2n) is 6.93. The molecule has 0 spiro atoms. The van der Waals surface area contributed by atoms with Gasteiger partial charge in [-0.05, 0) is 47.4 Å². The lowest BCUT2D eigenvalue weighted by Gasteiger charge is -2.17. The predicted molar refractivity (Wildman–Crippen MR) is 102 cm³/mol. The van der Waals surface area contributed by atoms with Crippen molar-refractivity contribution in [2.75, 3.05) is 19.7 Å². The molecule has 1 amide bonds. The van der Waals surface area contributed by atoms with Crippen LogP contribution in [0.1, 0.15) is 12.5 Å². The average Bonchev–Trinajstić information content (AvgIpc) is 3.24. The zero-order chi connectivity index (χ0) is 18.5. The molecule has 1 saturated heterocycles. The minimum Gasteiger partial charge on any atom is -0.489 e. The van der Waals surface area contributed by atoms with Gasteiger partial charge in [0.1, 0.15) is 12.4 Å². The van der Waals surface area contributed by atoms with Crippen molar-refractivity contribution in [3.05, 3.63) is 71.6 Å². The molecule has 1 aliphatic carbocycles. The number of carbonyl (C=O) groups excluding carboxylic acids is 1. The lowest BCUT2D eigenvalue weighted by Crippen LogP contribution is -2.41. The molecular weight excluding hydrogens is 326 g/mol. The quantitative estimate of drug-likeness (QED) is 0.583. The molecule has 0 unspecified atom stereocenters. The highest BCUT2D eigenvalue weighted by Crippen LogP contribution is 2.21. The van der Waals surface area contributed by atoms with E-state index in [0.29, 0.717) is 12.5 Å². The van der Waals surface area contributed by atoms with Crippen LogP contribution in [0.5, 0.6) is 5.75 Å². The monoisotopic (exact) mass is 351 g/mol. The largest absolute Gasteiger partial charge is 0.489 e. The highest BCUT2D eigenvalue weighted by molar-refractivity contribution is 5.91. The van der Waals surface area contributed by atoms with Gasteiger partial charge in [-0.2, -0.15) is 0 Å². The zero-order valence-electron chi connectivity index (χ0n) is 15.1. The molecule has 1 aromatic rings. The summed E-state index contributed by atoms with van der Waals surface area (Å²) in [5.74, 6) is 0.964. The number of nitrogens with zero attached hydrogens (tertiary/aromatic N) is 1. The van der Waals surface area contributed by atoms with Gasteiger partial charge in [0.25, 0.3) is 5.91 Å². The second-order valence-corrected chi connectivity index (χ2v) is 6.93. The summed E-state index contributed by atoms with van der Waals surface area (Å²) in [5.41, 5.74) is 10.9. The smallest absolute Gasteiger partial charge is 0.266 e. The van der Waals surface area contributed by atoms with Crippen LogP contribution in [0.2, 0.25) is 0 Å². The van der Waals surface area contributed by atoms with Crippen molar-refractivity contribution >= 4 is 5.91 Å². The van der Waals surface area contributed by atoms with E-state index >= 15 is 0 Å². The number of likely N-dealkylation sites (tertiary alicyclic amines) is 1. The Balaban J connectivity index is 1.49. The Bertz CT molecular complexity index is 773. The van der Waals surface area contributed by atoms with Gasteiger partial charge in [-0.1, -0.05) is 25.6 Å². The fourth-order valence-corrected chi connectivity index (χ4v) is 3.21. The molecule has 3 N–H and O–H groups in total. The van der Waals surface area contributed by atoms with Crippen LogP contribution in [-0.4, -0.2) is 36.5 Å². The highest BCUT2D eigenvalue weighted by atomic mass is 16.5. The maximum Gasteiger partial charge on any atom is 0.266 e. The topological polar surface area (TPSA) is 67.6 Å². The molecule has 3 rings (SSSR count). The number of nitrogens with two attached hydrogens (primary N) is 1. The molecular formula is C21H25N3O2. The molecule has 1 fully saturated rings. The van der Waals surface area contributed by atoms with Crippen molar-refractivity contribution in [1.82, 2.24) is 10.2 Å². The molecule has 0 aromatic heterocycles. The van der Waals surface area contributed by atoms with E-state index in [1.165, 1.54) is 5.56 Å². The van der Waals surface area contributed by atoms with E-state index < -0.39 is 0 Å². The van der Waals surface area contributed by atoms with Crippen LogP contribution < -0.4 is 15.8 Å². The first kappa shape index (κ1) is 18.1. The third-order valence-electron chi connectivity index (χ3n) is 4.69. The standard InChI is InChI=1S/C21H25N3O2/c1-15-11-24(13-20(15)23-21(25)16(2)22)12-17-7-9-19(10-8-17)26-14-18-5-3-4-6-18/h3,5-10,15,20H,2,11-14,22H2,1H3,(H,23,25)/t15-,20+/m1/s1. The van der Waals surface area contributed by atoms with Crippen molar-refractivity contribution in [1.29, 1.82) is 0 Å². The minimum absolute atomic E-state index is 0.0610. The maximum absolute atomic E-state index is 11.7. The van der Waals surface area contributed by atoms with Gasteiger partial charge in [-0.15, -0.1) is 5.73 Å². The molecule has 2 aliphatic rings. The molecule has 5 nitrogen and oxygen atoms in total. The third-order valence-corrected chi connectivity index (χ3v) is 4.69. The summed E-state index contributed by atoms with van der Waals surface area (Å²) < 4.78 is 5.77. The molecule has 26 heavy (non-hydrogen) atoms. The average molecular weight is 351 g/mol. The summed E-state index contributed by atoms with van der Waals surface area (Å²) in [6.07, 6.45) is 5.81. The third kappa shape index (κ3) is 4.66. The van der Waals surface area contributed by atoms with E-state index in [4.69, 9.17) is 10.5 Å². The van der Waals surface area contributed by atoms with E-state index in [1.807, 2.05) is 30.4 Å². The van der Waals surface area contributed by atoms with Gasteiger partial charge < -0.3 is 15.8 Å². The number of amides is 1. The Morgan fingerprint density at radius 2 is 2.15 bits per heavy atom. The number of allylic oxidation sites excluding steroid dienone is 1. The van der Waals surface area contributed by atoms with Crippen LogP contribution in [0, 0.1) is 5.92 Å². The summed E-state index contributed by atoms with van der Waals surface area (Å²) in [7, 11) is 0. The van der Waals surface area contributed by atoms with Gasteiger partial charge in [0, 0.05) is 25.7 Å². The number of ether oxygens (including phenoxy) is 1. The summed E-state index contributed by atoms with van der Waals surface area (Å²) in [6, 6.07) is 8.28. The zero-order valence-corrected chi connectivity index (χ0v) is 15.1. The van der Waals surface area contributed by atoms with E-state index in [2.05, 4.69) is 41.6 Å². The number of carbonyl (C=O) groups is 1. The number of nitrogens with one attached hydrogen (secondary N) is 1. The van der Waals surface area contributed by atoms with Gasteiger partial charge in [-0.3, -0.25) is 9.69 Å². The maximum atomic E-state index is 11.7. The Labute approximate surface area is 154 Å². The van der Waals surface area contributed by atoms with E-state index in [9.17, 15) is 4.79 Å². The summed E-state index contributed by atoms with van der Waals surface area (Å²) in [4.78, 5) is 14.1. The van der Waals surface area contributed by atoms with Gasteiger partial charge in [-0.25, -0.2) is 0 Å². The highest BCUT2D eigenvalue weighted by Gasteiger charge is 2.30. The lowest BCUT2D eigenvalue weighted by atomic mass is 10.1. The van der Waals surface area contributed by atoms with Gasteiger partial charge in [0.05, 0.1) is 5.70 Å². The van der Waals surface area contributed by atoms with E-state index in [0.717, 1.165) is 31.0 Å². The Hall–Kier alpha value is -2.75. The van der Waals surface area contributed by atoms with Crippen molar-refractivity contribution in [3.63, 3.8) is 0 Å². The van der Waals surface area contributed by atoms with Crippen molar-refractivity contribution < 1.29 is 9.53 Å². The molecule has 136 valence electrons. The van der Waals surface area contributed by atoms with Crippen LogP contribution in [0.25, 0.3) is 0 Å². The van der Waals surface area contributed by atoms with Gasteiger partial charge >= 0.3 is 0 Å². The Morgan fingerprint density at radius 3 is 2.81 bits per heavy atom. The molecule has 1 aliphatic heterocycles. The molecule has 2 atom stereocenters. The molecule has 1 aromatic carbocycles. The number of hydrogen-bond donors (Lipinski definition) is 2. The van der Waals surface area contributed by atoms with Crippen molar-refractivity contribution in [2.24, 2.45) is 11.7 Å². The number of benzene rings is 1. The molecule has 0 bridgehead atoms. The lowest BCUT2D eigenvalue weighted by molar-refractivity contribution is -0.118. The molecule has 5 heteroatoms. The van der Waals surface area contributed by atoms with Gasteiger partial charge in [0.2, 0.25) is 0 Å². The van der Waals surface area contributed by atoms with Crippen molar-refractivity contribution in [2.45, 2.75) is 19.5 Å². The molecule has 1 heterocycles. The molecule has 0 saturated carbocycles. The van der Waals surface area contributed by atoms with Crippen LogP contribution in [0.3, 0.4) is 0 Å². The van der Waals surface area contributed by atoms with Crippen molar-refractivity contribution in [3.8, 4) is 5.75 Å². The van der Waals surface area contributed by atoms with Gasteiger partial charge in [0.15, 0.2) is 0 Å². The van der Waals surface area contributed by atoms with Crippen LogP contribution >= 0.6 is 0 Å². The minimum atomic E-state index is -0.271. The first-order valence-corrected chi connectivity index (χ1v) is 8.82. The first-order chi connectivity index (χ1) is 12.5. The Morgan fingerprint density at radius 1 is 1.38 bits per heavy atom. The fourth-order valence-electron chi connectivity index (χ4n) is 3.21. The van der Waals surface area contributed by atoms with E-state index in [1.54, 1.807) is 0 Å². The molecule has 0 radical (unpaired) electrons. The van der Waals surface area contributed by atoms with Crippen LogP contribution in [-0.2, 0) is 11.3 Å².